The standard InChI is InChI=1S/C20H18Cl2N2O6/c1-24-14-5-6-16(30-2)17(22)11(14)8-15(24)18(26)23-20(29,9-25)12-4-3-10(19(27)28)7-13(12)21/h3-8,25,29H,9H2,1-2H3,(H,23,26)(H,27,28)/t20-/m1/s1. The summed E-state index contributed by atoms with van der Waals surface area (Å²) in [6.45, 7) is -0.899. The Bertz CT molecular complexity index is 1160. The van der Waals surface area contributed by atoms with Gasteiger partial charge in [-0.2, -0.15) is 0 Å². The number of fused-ring (bicyclic) bond motifs is 1. The van der Waals surface area contributed by atoms with E-state index in [2.05, 4.69) is 5.32 Å². The number of aliphatic hydroxyl groups is 2. The molecule has 4 N–H and O–H groups in total. The van der Waals surface area contributed by atoms with Crippen LogP contribution in [0, 0.1) is 0 Å². The Kier molecular flexibility index (Phi) is 5.96. The summed E-state index contributed by atoms with van der Waals surface area (Å²) < 4.78 is 6.76. The van der Waals surface area contributed by atoms with Crippen molar-refractivity contribution in [3.05, 3.63) is 63.3 Å². The number of aryl methyl sites for hydroxylation is 1. The molecule has 0 saturated carbocycles. The number of carboxylic acid groups (broad SMARTS) is 1. The first-order chi connectivity index (χ1) is 14.1. The highest BCUT2D eigenvalue weighted by atomic mass is 35.5. The number of ether oxygens (including phenoxy) is 1. The zero-order valence-corrected chi connectivity index (χ0v) is 17.5. The van der Waals surface area contributed by atoms with Gasteiger partial charge in [0.1, 0.15) is 11.4 Å². The molecule has 3 aromatic rings. The molecule has 0 aliphatic carbocycles. The summed E-state index contributed by atoms with van der Waals surface area (Å²) in [6, 6.07) is 8.48. The fraction of sp³-hybridized carbons (Fsp3) is 0.200. The van der Waals surface area contributed by atoms with Gasteiger partial charge in [0.05, 0.1) is 29.8 Å². The molecule has 10 heteroatoms. The van der Waals surface area contributed by atoms with Crippen LogP contribution < -0.4 is 10.1 Å². The van der Waals surface area contributed by atoms with Crippen LogP contribution in [0.5, 0.6) is 5.75 Å². The zero-order chi connectivity index (χ0) is 22.2. The van der Waals surface area contributed by atoms with Gasteiger partial charge in [0.15, 0.2) is 5.72 Å². The average Bonchev–Trinajstić information content (AvgIpc) is 3.05. The molecule has 158 valence electrons. The monoisotopic (exact) mass is 452 g/mol. The Labute approximate surface area is 181 Å². The molecule has 1 amide bonds. The molecule has 0 aliphatic heterocycles. The summed E-state index contributed by atoms with van der Waals surface area (Å²) in [6.07, 6.45) is 0. The van der Waals surface area contributed by atoms with Crippen LogP contribution in [0.4, 0.5) is 0 Å². The summed E-state index contributed by atoms with van der Waals surface area (Å²) in [5, 5.41) is 32.8. The fourth-order valence-electron chi connectivity index (χ4n) is 3.16. The normalized spacial score (nSPS) is 13.1. The van der Waals surface area contributed by atoms with Crippen molar-refractivity contribution in [2.24, 2.45) is 7.05 Å². The predicted octanol–water partition coefficient (Wildman–Crippen LogP) is 2.76. The first-order valence-corrected chi connectivity index (χ1v) is 9.39. The number of carboxylic acids is 1. The van der Waals surface area contributed by atoms with Crippen molar-refractivity contribution in [2.75, 3.05) is 13.7 Å². The van der Waals surface area contributed by atoms with Crippen LogP contribution in [0.25, 0.3) is 10.9 Å². The highest BCUT2D eigenvalue weighted by molar-refractivity contribution is 6.37. The molecular formula is C20H18Cl2N2O6. The predicted molar refractivity (Wildman–Crippen MR) is 111 cm³/mol. The van der Waals surface area contributed by atoms with Gasteiger partial charge in [-0.15, -0.1) is 0 Å². The number of hydrogen-bond acceptors (Lipinski definition) is 5. The van der Waals surface area contributed by atoms with E-state index in [0.29, 0.717) is 21.7 Å². The number of benzene rings is 2. The van der Waals surface area contributed by atoms with Crippen LogP contribution in [0.2, 0.25) is 10.0 Å². The van der Waals surface area contributed by atoms with Crippen molar-refractivity contribution in [3.63, 3.8) is 0 Å². The van der Waals surface area contributed by atoms with Crippen molar-refractivity contribution in [2.45, 2.75) is 5.72 Å². The summed E-state index contributed by atoms with van der Waals surface area (Å²) in [7, 11) is 3.12. The van der Waals surface area contributed by atoms with Crippen LogP contribution in [0.3, 0.4) is 0 Å². The smallest absolute Gasteiger partial charge is 0.335 e. The van der Waals surface area contributed by atoms with Crippen molar-refractivity contribution in [3.8, 4) is 5.75 Å². The SMILES string of the molecule is COc1ccc2c(cc(C(=O)N[C@@](O)(CO)c3ccc(C(=O)O)cc3Cl)n2C)c1Cl. The number of carbonyl (C=O) groups is 2. The maximum atomic E-state index is 12.9. The summed E-state index contributed by atoms with van der Waals surface area (Å²) >= 11 is 12.4. The summed E-state index contributed by atoms with van der Waals surface area (Å²) in [5.74, 6) is -1.47. The Morgan fingerprint density at radius 1 is 1.20 bits per heavy atom. The molecule has 0 radical (unpaired) electrons. The maximum Gasteiger partial charge on any atom is 0.335 e. The van der Waals surface area contributed by atoms with Crippen LogP contribution in [0.15, 0.2) is 36.4 Å². The molecule has 8 nitrogen and oxygen atoms in total. The van der Waals surface area contributed by atoms with Crippen LogP contribution in [-0.4, -0.2) is 45.5 Å². The molecule has 1 heterocycles. The quantitative estimate of drug-likeness (QED) is 0.426. The Hall–Kier alpha value is -2.78. The van der Waals surface area contributed by atoms with Crippen molar-refractivity contribution in [1.29, 1.82) is 0 Å². The molecule has 0 fully saturated rings. The fourth-order valence-corrected chi connectivity index (χ4v) is 3.79. The van der Waals surface area contributed by atoms with Gasteiger partial charge < -0.3 is 29.9 Å². The number of carbonyl (C=O) groups excluding carboxylic acids is 1. The van der Waals surface area contributed by atoms with Crippen LogP contribution >= 0.6 is 23.2 Å². The molecule has 0 unspecified atom stereocenters. The number of aromatic nitrogens is 1. The third-order valence-corrected chi connectivity index (χ3v) is 5.49. The minimum absolute atomic E-state index is 0.0523. The van der Waals surface area contributed by atoms with E-state index in [1.54, 1.807) is 23.7 Å². The summed E-state index contributed by atoms with van der Waals surface area (Å²) in [4.78, 5) is 24.0. The van der Waals surface area contributed by atoms with Gasteiger partial charge in [0, 0.05) is 23.0 Å². The number of rotatable bonds is 6. The Balaban J connectivity index is 2.00. The van der Waals surface area contributed by atoms with Gasteiger partial charge in [0.2, 0.25) is 0 Å². The van der Waals surface area contributed by atoms with E-state index in [4.69, 9.17) is 33.0 Å². The molecule has 1 aromatic heterocycles. The number of aromatic carboxylic acids is 1. The van der Waals surface area contributed by atoms with E-state index < -0.39 is 24.2 Å². The third-order valence-electron chi connectivity index (χ3n) is 4.79. The van der Waals surface area contributed by atoms with Crippen LogP contribution in [0.1, 0.15) is 26.4 Å². The first kappa shape index (κ1) is 21.9. The van der Waals surface area contributed by atoms with E-state index >= 15 is 0 Å². The van der Waals surface area contributed by atoms with Crippen molar-refractivity contribution < 1.29 is 29.6 Å². The Morgan fingerprint density at radius 2 is 1.90 bits per heavy atom. The largest absolute Gasteiger partial charge is 0.495 e. The summed E-state index contributed by atoms with van der Waals surface area (Å²) in [5.41, 5.74) is -1.59. The number of nitrogens with one attached hydrogen (secondary N) is 1. The topological polar surface area (TPSA) is 121 Å². The molecule has 0 saturated heterocycles. The molecule has 1 atom stereocenters. The van der Waals surface area contributed by atoms with Gasteiger partial charge in [-0.3, -0.25) is 4.79 Å². The third kappa shape index (κ3) is 3.70. The number of aliphatic hydroxyl groups excluding tert-OH is 1. The highest BCUT2D eigenvalue weighted by Gasteiger charge is 2.34. The van der Waals surface area contributed by atoms with Gasteiger partial charge in [0.25, 0.3) is 5.91 Å². The van der Waals surface area contributed by atoms with E-state index in [-0.39, 0.29) is 21.8 Å². The average molecular weight is 453 g/mol. The lowest BCUT2D eigenvalue weighted by Gasteiger charge is -2.28. The lowest BCUT2D eigenvalue weighted by atomic mass is 10.0. The highest BCUT2D eigenvalue weighted by Crippen LogP contribution is 2.34. The minimum atomic E-state index is -2.25. The number of halogens is 2. The second-order valence-electron chi connectivity index (χ2n) is 6.58. The first-order valence-electron chi connectivity index (χ1n) is 8.64. The zero-order valence-electron chi connectivity index (χ0n) is 15.9. The van der Waals surface area contributed by atoms with Crippen molar-refractivity contribution in [1.82, 2.24) is 9.88 Å². The van der Waals surface area contributed by atoms with Gasteiger partial charge in [-0.05, 0) is 30.3 Å². The molecule has 30 heavy (non-hydrogen) atoms. The lowest BCUT2D eigenvalue weighted by Crippen LogP contribution is -2.49. The second kappa shape index (κ2) is 8.16. The molecule has 0 spiro atoms. The van der Waals surface area contributed by atoms with E-state index in [1.807, 2.05) is 0 Å². The van der Waals surface area contributed by atoms with Crippen molar-refractivity contribution >= 4 is 46.0 Å². The lowest BCUT2D eigenvalue weighted by molar-refractivity contribution is -0.0419. The van der Waals surface area contributed by atoms with Gasteiger partial charge in [-0.1, -0.05) is 29.3 Å². The molecule has 0 bridgehead atoms. The number of nitrogens with zero attached hydrogens (tertiary/aromatic N) is 1. The Morgan fingerprint density at radius 3 is 2.47 bits per heavy atom. The second-order valence-corrected chi connectivity index (χ2v) is 7.36. The molecule has 3 rings (SSSR count). The minimum Gasteiger partial charge on any atom is -0.495 e. The van der Waals surface area contributed by atoms with E-state index in [1.165, 1.54) is 25.3 Å². The maximum absolute atomic E-state index is 12.9. The van der Waals surface area contributed by atoms with Gasteiger partial charge >= 0.3 is 5.97 Å². The number of hydrogen-bond donors (Lipinski definition) is 4. The molecule has 0 aliphatic rings. The molecular weight excluding hydrogens is 435 g/mol. The van der Waals surface area contributed by atoms with Gasteiger partial charge in [-0.25, -0.2) is 4.79 Å². The van der Waals surface area contributed by atoms with Crippen LogP contribution in [-0.2, 0) is 12.8 Å². The number of amides is 1. The molecule has 2 aromatic carbocycles. The van der Waals surface area contributed by atoms with E-state index in [9.17, 15) is 19.8 Å². The number of methoxy groups -OCH3 is 1. The van der Waals surface area contributed by atoms with E-state index in [0.717, 1.165) is 6.07 Å².